The standard InChI is InChI=1S/C16H16ClN3O2/c1-10-3-2-4-13(15(10)16(18)22)19-9-14(21)20-12-7-5-11(17)6-8-12/h2-8,19H,9H2,1H3,(H2,18,22)(H,20,21). The van der Waals surface area contributed by atoms with E-state index < -0.39 is 5.91 Å². The summed E-state index contributed by atoms with van der Waals surface area (Å²) in [6.45, 7) is 1.81. The molecule has 0 saturated heterocycles. The van der Waals surface area contributed by atoms with Crippen LogP contribution in [0.5, 0.6) is 0 Å². The van der Waals surface area contributed by atoms with Gasteiger partial charge in [0.2, 0.25) is 5.91 Å². The van der Waals surface area contributed by atoms with Crippen molar-refractivity contribution in [1.29, 1.82) is 0 Å². The van der Waals surface area contributed by atoms with Crippen LogP contribution in [-0.2, 0) is 4.79 Å². The molecule has 0 fully saturated rings. The highest BCUT2D eigenvalue weighted by molar-refractivity contribution is 6.30. The molecule has 0 heterocycles. The molecule has 2 rings (SSSR count). The van der Waals surface area contributed by atoms with E-state index in [2.05, 4.69) is 10.6 Å². The third-order valence-electron chi connectivity index (χ3n) is 3.09. The highest BCUT2D eigenvalue weighted by Crippen LogP contribution is 2.19. The van der Waals surface area contributed by atoms with Crippen LogP contribution in [0.3, 0.4) is 0 Å². The number of carbonyl (C=O) groups is 2. The van der Waals surface area contributed by atoms with Crippen molar-refractivity contribution in [2.75, 3.05) is 17.2 Å². The zero-order valence-corrected chi connectivity index (χ0v) is 12.8. The van der Waals surface area contributed by atoms with Crippen LogP contribution >= 0.6 is 11.6 Å². The SMILES string of the molecule is Cc1cccc(NCC(=O)Nc2ccc(Cl)cc2)c1C(N)=O. The van der Waals surface area contributed by atoms with Gasteiger partial charge in [-0.05, 0) is 42.8 Å². The van der Waals surface area contributed by atoms with E-state index in [0.29, 0.717) is 22.0 Å². The first kappa shape index (κ1) is 15.9. The summed E-state index contributed by atoms with van der Waals surface area (Å²) in [6.07, 6.45) is 0. The molecule has 0 saturated carbocycles. The molecule has 4 N–H and O–H groups in total. The van der Waals surface area contributed by atoms with Gasteiger partial charge in [0, 0.05) is 16.4 Å². The smallest absolute Gasteiger partial charge is 0.251 e. The molecule has 5 nitrogen and oxygen atoms in total. The lowest BCUT2D eigenvalue weighted by Crippen LogP contribution is -2.23. The highest BCUT2D eigenvalue weighted by atomic mass is 35.5. The molecule has 0 aliphatic rings. The van der Waals surface area contributed by atoms with Crippen LogP contribution in [0.1, 0.15) is 15.9 Å². The highest BCUT2D eigenvalue weighted by Gasteiger charge is 2.11. The Kier molecular flexibility index (Phi) is 5.01. The molecule has 6 heteroatoms. The van der Waals surface area contributed by atoms with Crippen LogP contribution in [0.2, 0.25) is 5.02 Å². The number of carbonyl (C=O) groups excluding carboxylic acids is 2. The summed E-state index contributed by atoms with van der Waals surface area (Å²) in [5, 5.41) is 6.25. The maximum Gasteiger partial charge on any atom is 0.251 e. The van der Waals surface area contributed by atoms with Gasteiger partial charge in [-0.1, -0.05) is 23.7 Å². The van der Waals surface area contributed by atoms with E-state index in [1.807, 2.05) is 0 Å². The predicted molar refractivity (Wildman–Crippen MR) is 88.3 cm³/mol. The van der Waals surface area contributed by atoms with Crippen molar-refractivity contribution in [2.24, 2.45) is 5.73 Å². The average Bonchev–Trinajstić information content (AvgIpc) is 2.47. The van der Waals surface area contributed by atoms with Crippen molar-refractivity contribution >= 4 is 34.8 Å². The second kappa shape index (κ2) is 6.95. The van der Waals surface area contributed by atoms with Crippen molar-refractivity contribution in [3.05, 3.63) is 58.6 Å². The topological polar surface area (TPSA) is 84.2 Å². The van der Waals surface area contributed by atoms with Gasteiger partial charge in [-0.25, -0.2) is 0 Å². The van der Waals surface area contributed by atoms with E-state index in [9.17, 15) is 9.59 Å². The van der Waals surface area contributed by atoms with E-state index >= 15 is 0 Å². The minimum absolute atomic E-state index is 0.0202. The summed E-state index contributed by atoms with van der Waals surface area (Å²) < 4.78 is 0. The molecule has 0 aliphatic carbocycles. The molecule has 0 spiro atoms. The molecule has 2 aromatic carbocycles. The van der Waals surface area contributed by atoms with Crippen molar-refractivity contribution in [1.82, 2.24) is 0 Å². The first-order valence-electron chi connectivity index (χ1n) is 6.66. The quantitative estimate of drug-likeness (QED) is 0.792. The van der Waals surface area contributed by atoms with E-state index in [1.165, 1.54) is 0 Å². The zero-order valence-electron chi connectivity index (χ0n) is 12.0. The summed E-state index contributed by atoms with van der Waals surface area (Å²) in [5.41, 5.74) is 7.71. The maximum absolute atomic E-state index is 11.9. The Morgan fingerprint density at radius 2 is 1.82 bits per heavy atom. The molecule has 0 atom stereocenters. The molecule has 0 unspecified atom stereocenters. The van der Waals surface area contributed by atoms with Crippen molar-refractivity contribution in [2.45, 2.75) is 6.92 Å². The minimum Gasteiger partial charge on any atom is -0.375 e. The van der Waals surface area contributed by atoms with Gasteiger partial charge < -0.3 is 16.4 Å². The van der Waals surface area contributed by atoms with Crippen LogP contribution in [0, 0.1) is 6.92 Å². The van der Waals surface area contributed by atoms with Crippen LogP contribution in [-0.4, -0.2) is 18.4 Å². The van der Waals surface area contributed by atoms with Gasteiger partial charge in [-0.3, -0.25) is 9.59 Å². The molecule has 0 aromatic heterocycles. The Morgan fingerprint density at radius 3 is 2.45 bits per heavy atom. The largest absolute Gasteiger partial charge is 0.375 e. The number of nitrogens with two attached hydrogens (primary N) is 1. The van der Waals surface area contributed by atoms with Crippen LogP contribution in [0.4, 0.5) is 11.4 Å². The van der Waals surface area contributed by atoms with Gasteiger partial charge in [0.1, 0.15) is 0 Å². The summed E-state index contributed by atoms with van der Waals surface area (Å²) in [4.78, 5) is 23.4. The number of anilines is 2. The fraction of sp³-hybridized carbons (Fsp3) is 0.125. The Morgan fingerprint density at radius 1 is 1.14 bits per heavy atom. The van der Waals surface area contributed by atoms with E-state index in [1.54, 1.807) is 49.4 Å². The number of aryl methyl sites for hydroxylation is 1. The molecule has 22 heavy (non-hydrogen) atoms. The minimum atomic E-state index is -0.529. The van der Waals surface area contributed by atoms with Gasteiger partial charge in [0.25, 0.3) is 5.91 Å². The average molecular weight is 318 g/mol. The number of benzene rings is 2. The van der Waals surface area contributed by atoms with Crippen molar-refractivity contribution in [3.8, 4) is 0 Å². The van der Waals surface area contributed by atoms with E-state index in [0.717, 1.165) is 5.56 Å². The number of amides is 2. The third-order valence-corrected chi connectivity index (χ3v) is 3.34. The Balaban J connectivity index is 2.01. The zero-order chi connectivity index (χ0) is 16.1. The van der Waals surface area contributed by atoms with Gasteiger partial charge in [0.15, 0.2) is 0 Å². The summed E-state index contributed by atoms with van der Waals surface area (Å²) in [7, 11) is 0. The number of nitrogens with one attached hydrogen (secondary N) is 2. The summed E-state index contributed by atoms with van der Waals surface area (Å²) in [5.74, 6) is -0.766. The Bertz CT molecular complexity index is 699. The lowest BCUT2D eigenvalue weighted by Gasteiger charge is -2.12. The van der Waals surface area contributed by atoms with E-state index in [4.69, 9.17) is 17.3 Å². The summed E-state index contributed by atoms with van der Waals surface area (Å²) >= 11 is 5.78. The number of primary amides is 1. The maximum atomic E-state index is 11.9. The number of hydrogen-bond acceptors (Lipinski definition) is 3. The first-order valence-corrected chi connectivity index (χ1v) is 7.04. The summed E-state index contributed by atoms with van der Waals surface area (Å²) in [6, 6.07) is 12.1. The van der Waals surface area contributed by atoms with Crippen molar-refractivity contribution < 1.29 is 9.59 Å². The molecule has 2 aromatic rings. The molecule has 0 radical (unpaired) electrons. The number of rotatable bonds is 5. The molecule has 114 valence electrons. The third kappa shape index (κ3) is 3.99. The van der Waals surface area contributed by atoms with Crippen molar-refractivity contribution in [3.63, 3.8) is 0 Å². The number of hydrogen-bond donors (Lipinski definition) is 3. The molecule has 2 amide bonds. The van der Waals surface area contributed by atoms with Gasteiger partial charge in [-0.15, -0.1) is 0 Å². The second-order valence-corrected chi connectivity index (χ2v) is 5.21. The Labute approximate surface area is 133 Å². The van der Waals surface area contributed by atoms with Crippen LogP contribution < -0.4 is 16.4 Å². The van der Waals surface area contributed by atoms with Gasteiger partial charge >= 0.3 is 0 Å². The predicted octanol–water partition coefficient (Wildman–Crippen LogP) is 2.80. The van der Waals surface area contributed by atoms with Crippen LogP contribution in [0.25, 0.3) is 0 Å². The van der Waals surface area contributed by atoms with Crippen LogP contribution in [0.15, 0.2) is 42.5 Å². The first-order chi connectivity index (χ1) is 10.5. The second-order valence-electron chi connectivity index (χ2n) is 4.77. The lowest BCUT2D eigenvalue weighted by molar-refractivity contribution is -0.114. The molecule has 0 bridgehead atoms. The normalized spacial score (nSPS) is 10.1. The number of halogens is 1. The fourth-order valence-electron chi connectivity index (χ4n) is 2.06. The Hall–Kier alpha value is -2.53. The molecular formula is C16H16ClN3O2. The molecule has 0 aliphatic heterocycles. The molecular weight excluding hydrogens is 302 g/mol. The monoisotopic (exact) mass is 317 g/mol. The lowest BCUT2D eigenvalue weighted by atomic mass is 10.1. The van der Waals surface area contributed by atoms with Gasteiger partial charge in [0.05, 0.1) is 12.1 Å². The fourth-order valence-corrected chi connectivity index (χ4v) is 2.18. The van der Waals surface area contributed by atoms with Gasteiger partial charge in [-0.2, -0.15) is 0 Å². The van der Waals surface area contributed by atoms with E-state index in [-0.39, 0.29) is 12.5 Å².